The van der Waals surface area contributed by atoms with Gasteiger partial charge in [0.25, 0.3) is 0 Å². The second-order valence-corrected chi connectivity index (χ2v) is 12.9. The van der Waals surface area contributed by atoms with E-state index in [0.29, 0.717) is 58.0 Å². The van der Waals surface area contributed by atoms with Crippen molar-refractivity contribution in [3.05, 3.63) is 0 Å². The summed E-state index contributed by atoms with van der Waals surface area (Å²) in [6.07, 6.45) is -2.11. The van der Waals surface area contributed by atoms with Crippen LogP contribution < -0.4 is 26.6 Å². The highest BCUT2D eigenvalue weighted by Gasteiger charge is 2.41. The molecule has 7 unspecified atom stereocenters. The Morgan fingerprint density at radius 1 is 0.972 bits per heavy atom. The van der Waals surface area contributed by atoms with Gasteiger partial charge < -0.3 is 9.29 Å². The molecule has 0 amide bonds. The maximum Gasteiger partial charge on any atom is 0.411 e. The number of alkyl halides is 5. The van der Waals surface area contributed by atoms with E-state index in [1.807, 2.05) is 0 Å². The molecule has 4 aliphatic rings. The van der Waals surface area contributed by atoms with Gasteiger partial charge in [0, 0.05) is 25.2 Å². The minimum atomic E-state index is -4.48. The van der Waals surface area contributed by atoms with Crippen molar-refractivity contribution in [2.24, 2.45) is 0 Å². The Morgan fingerprint density at radius 3 is 2.17 bits per heavy atom. The zero-order chi connectivity index (χ0) is 25.9. The summed E-state index contributed by atoms with van der Waals surface area (Å²) in [6.45, 7) is -0.618. The molecular weight excluding hydrogens is 528 g/mol. The van der Waals surface area contributed by atoms with E-state index in [1.165, 1.54) is 0 Å². The third kappa shape index (κ3) is 7.93. The van der Waals surface area contributed by atoms with E-state index in [9.17, 15) is 26.3 Å². The Bertz CT molecular complexity index is 760. The average Bonchev–Trinajstić information content (AvgIpc) is 3.36. The van der Waals surface area contributed by atoms with Crippen molar-refractivity contribution in [1.29, 1.82) is 0 Å². The van der Waals surface area contributed by atoms with Gasteiger partial charge in [-0.25, -0.2) is 4.39 Å². The Hall–Kier alpha value is -0.160. The van der Waals surface area contributed by atoms with Gasteiger partial charge in [0.1, 0.15) is 41.0 Å². The second-order valence-electron chi connectivity index (χ2n) is 10.2. The van der Waals surface area contributed by atoms with E-state index in [4.69, 9.17) is 16.3 Å². The predicted molar refractivity (Wildman–Crippen MR) is 127 cm³/mol. The number of hydrogen-bond acceptors (Lipinski definition) is 8. The van der Waals surface area contributed by atoms with E-state index in [0.717, 1.165) is 12.8 Å². The number of ether oxygens (including phenoxy) is 1. The molecule has 2 aliphatic heterocycles. The number of sulfonamides is 1. The lowest BCUT2D eigenvalue weighted by atomic mass is 9.93. The van der Waals surface area contributed by atoms with Crippen molar-refractivity contribution in [2.75, 3.05) is 19.7 Å². The molecule has 210 valence electrons. The number of halogens is 5. The van der Waals surface area contributed by atoms with E-state index in [2.05, 4.69) is 26.6 Å². The van der Waals surface area contributed by atoms with Gasteiger partial charge in [-0.3, -0.25) is 26.6 Å². The molecule has 2 saturated heterocycles. The minimum Gasteiger partial charge on any atom is -0.597 e. The summed E-state index contributed by atoms with van der Waals surface area (Å²) in [4.78, 5) is 0. The summed E-state index contributed by atoms with van der Waals surface area (Å²) in [7, 11) is -3.29. The maximum atomic E-state index is 13.7. The molecular formula is C21H37ClF4N6O3S. The van der Waals surface area contributed by atoms with Crippen molar-refractivity contribution < 1.29 is 31.1 Å². The van der Waals surface area contributed by atoms with Gasteiger partial charge in [-0.2, -0.15) is 13.2 Å². The van der Waals surface area contributed by atoms with Crippen molar-refractivity contribution >= 4 is 22.0 Å². The van der Waals surface area contributed by atoms with Gasteiger partial charge >= 0.3 is 6.18 Å². The summed E-state index contributed by atoms with van der Waals surface area (Å²) in [5.41, 5.74) is 0. The van der Waals surface area contributed by atoms with Crippen LogP contribution in [0.25, 0.3) is 0 Å². The molecule has 0 aromatic heterocycles. The van der Waals surface area contributed by atoms with Gasteiger partial charge in [-0.15, -0.1) is 15.9 Å². The summed E-state index contributed by atoms with van der Waals surface area (Å²) in [6, 6.07) is -0.156. The average molecular weight is 565 g/mol. The lowest BCUT2D eigenvalue weighted by Gasteiger charge is -2.43. The first kappa shape index (κ1) is 28.8. The highest BCUT2D eigenvalue weighted by Crippen LogP contribution is 2.32. The van der Waals surface area contributed by atoms with Crippen LogP contribution in [0.1, 0.15) is 57.8 Å². The standard InChI is InChI=1S/C21H37ClF4N6O3S/c22-16-11-14(5-6-17(16)23)28-19-29-18(30-20(31-19)35-12-21(24,25)26)27-13-7-9-32(10-8-13)36(33,34)15-3-1-2-4-15/h13-20,27-31H,1-12H2. The quantitative estimate of drug-likeness (QED) is 0.172. The lowest BCUT2D eigenvalue weighted by molar-refractivity contribution is -0.199. The number of nitrogens with one attached hydrogen (secondary N) is 5. The molecule has 15 heteroatoms. The fourth-order valence-electron chi connectivity index (χ4n) is 5.46. The van der Waals surface area contributed by atoms with Crippen LogP contribution in [0.2, 0.25) is 0 Å². The third-order valence-corrected chi connectivity index (χ3v) is 10.3. The molecule has 0 spiro atoms. The zero-order valence-corrected chi connectivity index (χ0v) is 21.6. The Labute approximate surface area is 215 Å². The third-order valence-electron chi connectivity index (χ3n) is 7.42. The Morgan fingerprint density at radius 2 is 1.58 bits per heavy atom. The fraction of sp³-hybridized carbons (Fsp3) is 1.00. The highest BCUT2D eigenvalue weighted by molar-refractivity contribution is 7.96. The van der Waals surface area contributed by atoms with Crippen LogP contribution in [0, 0.1) is 0 Å². The van der Waals surface area contributed by atoms with Crippen molar-refractivity contribution in [3.8, 4) is 0 Å². The molecule has 36 heavy (non-hydrogen) atoms. The van der Waals surface area contributed by atoms with Crippen LogP contribution >= 0.6 is 11.6 Å². The number of nitrogens with zero attached hydrogens (tertiary/aromatic N) is 1. The first-order valence-electron chi connectivity index (χ1n) is 12.8. The van der Waals surface area contributed by atoms with E-state index < -0.39 is 53.7 Å². The van der Waals surface area contributed by atoms with Gasteiger partial charge in [-0.1, -0.05) is 4.21 Å². The van der Waals surface area contributed by atoms with Gasteiger partial charge in [0.15, 0.2) is 6.35 Å². The second kappa shape index (κ2) is 12.3. The van der Waals surface area contributed by atoms with Crippen molar-refractivity contribution in [2.45, 2.75) is 112 Å². The summed E-state index contributed by atoms with van der Waals surface area (Å²) < 4.78 is 84.3. The maximum absolute atomic E-state index is 13.7. The summed E-state index contributed by atoms with van der Waals surface area (Å²) in [5, 5.41) is 14.7. The topological polar surface area (TPSA) is 113 Å². The van der Waals surface area contributed by atoms with Crippen LogP contribution in [0.4, 0.5) is 17.6 Å². The molecule has 7 atom stereocenters. The largest absolute Gasteiger partial charge is 0.597 e. The molecule has 2 heterocycles. The summed E-state index contributed by atoms with van der Waals surface area (Å²) in [5.74, 6) is 0. The molecule has 9 nitrogen and oxygen atoms in total. The minimum absolute atomic E-state index is 0.0405. The van der Waals surface area contributed by atoms with Crippen LogP contribution in [-0.2, 0) is 19.3 Å². The predicted octanol–water partition coefficient (Wildman–Crippen LogP) is 1.83. The lowest BCUT2D eigenvalue weighted by Crippen LogP contribution is -2.76. The monoisotopic (exact) mass is 564 g/mol. The Kier molecular flexibility index (Phi) is 9.89. The van der Waals surface area contributed by atoms with Crippen LogP contribution in [0.15, 0.2) is 0 Å². The van der Waals surface area contributed by atoms with E-state index in [1.54, 1.807) is 4.31 Å². The molecule has 4 rings (SSSR count). The van der Waals surface area contributed by atoms with Crippen molar-refractivity contribution in [3.63, 3.8) is 0 Å². The summed E-state index contributed by atoms with van der Waals surface area (Å²) >= 11 is 6.07. The number of hydrogen-bond donors (Lipinski definition) is 5. The smallest absolute Gasteiger partial charge is 0.411 e. The number of rotatable bonds is 8. The molecule has 5 N–H and O–H groups in total. The fourth-order valence-corrected chi connectivity index (χ4v) is 7.87. The number of piperidine rings is 1. The molecule has 0 aromatic carbocycles. The SMILES string of the molecule is O=[S+]([O-])(C1CCCC1)N1CCC(NC2NC(NC3CCC(F)C(Cl)C3)NC(OCC(F)(F)F)N2)CC1. The van der Waals surface area contributed by atoms with Gasteiger partial charge in [0.05, 0.1) is 5.38 Å². The highest BCUT2D eigenvalue weighted by atomic mass is 35.5. The molecule has 0 bridgehead atoms. The van der Waals surface area contributed by atoms with E-state index >= 15 is 0 Å². The van der Waals surface area contributed by atoms with Gasteiger partial charge in [-0.05, 0) is 57.8 Å². The van der Waals surface area contributed by atoms with E-state index in [-0.39, 0.29) is 17.3 Å². The first-order chi connectivity index (χ1) is 17.0. The molecule has 4 fully saturated rings. The van der Waals surface area contributed by atoms with Crippen LogP contribution in [0.5, 0.6) is 0 Å². The normalized spacial score (nSPS) is 37.7. The first-order valence-corrected chi connectivity index (χ1v) is 14.7. The van der Waals surface area contributed by atoms with Crippen molar-refractivity contribution in [1.82, 2.24) is 30.9 Å². The zero-order valence-electron chi connectivity index (χ0n) is 20.1. The molecule has 0 radical (unpaired) electrons. The van der Waals surface area contributed by atoms with Crippen LogP contribution in [-0.4, -0.2) is 82.5 Å². The molecule has 2 saturated carbocycles. The Balaban J connectivity index is 1.31. The molecule has 0 aromatic rings. The molecule has 2 aliphatic carbocycles. The van der Waals surface area contributed by atoms with Gasteiger partial charge in [0.2, 0.25) is 0 Å². The van der Waals surface area contributed by atoms with Crippen LogP contribution in [0.3, 0.4) is 0 Å².